The third kappa shape index (κ3) is 2.03. The summed E-state index contributed by atoms with van der Waals surface area (Å²) in [6.45, 7) is 4.57. The number of nitrogens with zero attached hydrogens (tertiary/aromatic N) is 1. The van der Waals surface area contributed by atoms with Gasteiger partial charge in [-0.2, -0.15) is 5.26 Å². The van der Waals surface area contributed by atoms with Gasteiger partial charge >= 0.3 is 5.97 Å². The van der Waals surface area contributed by atoms with Gasteiger partial charge < -0.3 is 4.74 Å². The van der Waals surface area contributed by atoms with E-state index in [2.05, 4.69) is 26.0 Å². The minimum atomic E-state index is -0.337. The van der Waals surface area contributed by atoms with E-state index in [-0.39, 0.29) is 40.0 Å². The van der Waals surface area contributed by atoms with Gasteiger partial charge in [-0.25, -0.2) is 0 Å². The molecule has 142 valence electrons. The fourth-order valence-corrected chi connectivity index (χ4v) is 7.27. The van der Waals surface area contributed by atoms with Gasteiger partial charge in [-0.05, 0) is 50.5 Å². The zero-order chi connectivity index (χ0) is 19.0. The first-order chi connectivity index (χ1) is 12.8. The van der Waals surface area contributed by atoms with E-state index in [0.717, 1.165) is 37.7 Å². The highest BCUT2D eigenvalue weighted by molar-refractivity contribution is 5.92. The van der Waals surface area contributed by atoms with Crippen LogP contribution >= 0.6 is 0 Å². The summed E-state index contributed by atoms with van der Waals surface area (Å²) >= 11 is 0. The Morgan fingerprint density at radius 1 is 1.19 bits per heavy atom. The minimum Gasteiger partial charge on any atom is -0.458 e. The van der Waals surface area contributed by atoms with Crippen LogP contribution in [0.4, 0.5) is 0 Å². The van der Waals surface area contributed by atoms with Crippen molar-refractivity contribution in [3.05, 3.63) is 23.3 Å². The Balaban J connectivity index is 1.62. The molecule has 2 saturated carbocycles. The van der Waals surface area contributed by atoms with E-state index >= 15 is 0 Å². The molecule has 0 aromatic heterocycles. The van der Waals surface area contributed by atoms with Gasteiger partial charge in [0.2, 0.25) is 0 Å². The maximum Gasteiger partial charge on any atom is 0.306 e. The summed E-state index contributed by atoms with van der Waals surface area (Å²) in [4.78, 5) is 24.0. The summed E-state index contributed by atoms with van der Waals surface area (Å²) in [6, 6.07) is 2.59. The van der Waals surface area contributed by atoms with E-state index in [4.69, 9.17) is 4.74 Å². The van der Waals surface area contributed by atoms with E-state index < -0.39 is 0 Å². The van der Waals surface area contributed by atoms with Crippen molar-refractivity contribution in [2.75, 3.05) is 0 Å². The SMILES string of the molecule is C[C@]12CCC(=O)C=C1CC(C#N)[C@@H]1C2=CC[C@@]2(C)[C@H]1CC[C@@]21CCC(=O)O1. The van der Waals surface area contributed by atoms with E-state index in [1.54, 1.807) is 0 Å². The van der Waals surface area contributed by atoms with Crippen LogP contribution in [0.1, 0.15) is 65.2 Å². The van der Waals surface area contributed by atoms with E-state index in [0.29, 0.717) is 25.2 Å². The number of hydrogen-bond donors (Lipinski definition) is 0. The fourth-order valence-electron chi connectivity index (χ4n) is 7.27. The smallest absolute Gasteiger partial charge is 0.306 e. The van der Waals surface area contributed by atoms with Gasteiger partial charge in [0.05, 0.1) is 12.0 Å². The first-order valence-corrected chi connectivity index (χ1v) is 10.4. The molecule has 0 radical (unpaired) electrons. The van der Waals surface area contributed by atoms with Gasteiger partial charge in [-0.3, -0.25) is 9.59 Å². The highest BCUT2D eigenvalue weighted by atomic mass is 16.6. The Morgan fingerprint density at radius 3 is 2.70 bits per heavy atom. The second kappa shape index (κ2) is 5.34. The number of esters is 1. The maximum absolute atomic E-state index is 12.0. The summed E-state index contributed by atoms with van der Waals surface area (Å²) in [5.41, 5.74) is 2.07. The third-order valence-corrected chi connectivity index (χ3v) is 8.89. The van der Waals surface area contributed by atoms with Crippen molar-refractivity contribution < 1.29 is 14.3 Å². The van der Waals surface area contributed by atoms with Crippen molar-refractivity contribution in [3.8, 4) is 6.07 Å². The Hall–Kier alpha value is -1.89. The Morgan fingerprint density at radius 2 is 2.00 bits per heavy atom. The molecule has 0 amide bonds. The molecule has 1 unspecified atom stereocenters. The number of ketones is 1. The molecule has 1 saturated heterocycles. The van der Waals surface area contributed by atoms with Gasteiger partial charge in [0.15, 0.2) is 5.78 Å². The van der Waals surface area contributed by atoms with Crippen LogP contribution in [0.3, 0.4) is 0 Å². The number of allylic oxidation sites excluding steroid dienone is 4. The number of carbonyl (C=O) groups is 2. The molecular formula is C23H27NO3. The van der Waals surface area contributed by atoms with Crippen LogP contribution in [-0.4, -0.2) is 17.4 Å². The monoisotopic (exact) mass is 365 g/mol. The quantitative estimate of drug-likeness (QED) is 0.475. The summed E-state index contributed by atoms with van der Waals surface area (Å²) < 4.78 is 5.97. The van der Waals surface area contributed by atoms with Crippen LogP contribution in [0.15, 0.2) is 23.3 Å². The predicted molar refractivity (Wildman–Crippen MR) is 99.2 cm³/mol. The van der Waals surface area contributed by atoms with Crippen LogP contribution in [0.2, 0.25) is 0 Å². The van der Waals surface area contributed by atoms with Crippen LogP contribution in [0.5, 0.6) is 0 Å². The maximum atomic E-state index is 12.0. The molecule has 27 heavy (non-hydrogen) atoms. The second-order valence-corrected chi connectivity index (χ2v) is 9.83. The van der Waals surface area contributed by atoms with Crippen LogP contribution in [-0.2, 0) is 14.3 Å². The van der Waals surface area contributed by atoms with Crippen molar-refractivity contribution in [2.24, 2.45) is 28.6 Å². The summed E-state index contributed by atoms with van der Waals surface area (Å²) in [7, 11) is 0. The fraction of sp³-hybridized carbons (Fsp3) is 0.696. The number of hydrogen-bond acceptors (Lipinski definition) is 4. The average Bonchev–Trinajstić information content (AvgIpc) is 3.16. The lowest BCUT2D eigenvalue weighted by molar-refractivity contribution is -0.160. The third-order valence-electron chi connectivity index (χ3n) is 8.89. The molecule has 0 aromatic rings. The second-order valence-electron chi connectivity index (χ2n) is 9.83. The van der Waals surface area contributed by atoms with Crippen LogP contribution < -0.4 is 0 Å². The normalized spacial score (nSPS) is 48.1. The first kappa shape index (κ1) is 17.2. The van der Waals surface area contributed by atoms with Gasteiger partial charge in [-0.1, -0.05) is 31.1 Å². The molecule has 5 rings (SSSR count). The average molecular weight is 365 g/mol. The molecular weight excluding hydrogens is 338 g/mol. The Kier molecular flexibility index (Phi) is 3.41. The van der Waals surface area contributed by atoms with Crippen molar-refractivity contribution in [1.29, 1.82) is 5.26 Å². The molecule has 4 heteroatoms. The molecule has 4 nitrogen and oxygen atoms in total. The van der Waals surface area contributed by atoms with Crippen LogP contribution in [0.25, 0.3) is 0 Å². The summed E-state index contributed by atoms with van der Waals surface area (Å²) in [6.07, 6.45) is 10.6. The molecule has 1 spiro atoms. The number of rotatable bonds is 0. The van der Waals surface area contributed by atoms with Gasteiger partial charge in [0, 0.05) is 29.6 Å². The molecule has 4 aliphatic carbocycles. The molecule has 0 aromatic carbocycles. The van der Waals surface area contributed by atoms with Crippen molar-refractivity contribution in [1.82, 2.24) is 0 Å². The highest BCUT2D eigenvalue weighted by Crippen LogP contribution is 2.68. The first-order valence-electron chi connectivity index (χ1n) is 10.4. The van der Waals surface area contributed by atoms with Gasteiger partial charge in [0.25, 0.3) is 0 Å². The Labute approximate surface area is 160 Å². The lowest BCUT2D eigenvalue weighted by Crippen LogP contribution is -2.52. The predicted octanol–water partition coefficient (Wildman–Crippen LogP) is 4.26. The molecule has 6 atom stereocenters. The van der Waals surface area contributed by atoms with Crippen molar-refractivity contribution in [3.63, 3.8) is 0 Å². The zero-order valence-corrected chi connectivity index (χ0v) is 16.2. The number of carbonyl (C=O) groups excluding carboxylic acids is 2. The number of nitriles is 1. The topological polar surface area (TPSA) is 67.2 Å². The van der Waals surface area contributed by atoms with E-state index in [1.807, 2.05) is 6.08 Å². The van der Waals surface area contributed by atoms with Crippen LogP contribution in [0, 0.1) is 39.9 Å². The van der Waals surface area contributed by atoms with Gasteiger partial charge in [0.1, 0.15) is 5.60 Å². The molecule has 5 aliphatic rings. The lowest BCUT2D eigenvalue weighted by atomic mass is 9.48. The zero-order valence-electron chi connectivity index (χ0n) is 16.2. The molecule has 3 fully saturated rings. The van der Waals surface area contributed by atoms with Gasteiger partial charge in [-0.15, -0.1) is 0 Å². The largest absolute Gasteiger partial charge is 0.458 e. The van der Waals surface area contributed by atoms with Crippen molar-refractivity contribution in [2.45, 2.75) is 70.8 Å². The standard InChI is InChI=1S/C23H27NO3/c1-21-7-3-16(25)12-15(21)11-14(13-24)20-17(21)4-8-22(2)18(20)5-9-23(22)10-6-19(26)27-23/h4,12,14,18,20H,3,5-11H2,1-2H3/t14?,18-,20+,21-,22-,23+/m0/s1. The van der Waals surface area contributed by atoms with E-state index in [9.17, 15) is 14.9 Å². The summed E-state index contributed by atoms with van der Waals surface area (Å²) in [5, 5.41) is 10.00. The molecule has 1 aliphatic heterocycles. The summed E-state index contributed by atoms with van der Waals surface area (Å²) in [5.74, 6) is 0.664. The number of ether oxygens (including phenoxy) is 1. The van der Waals surface area contributed by atoms with E-state index in [1.165, 1.54) is 5.57 Å². The molecule has 0 bridgehead atoms. The number of fused-ring (bicyclic) bond motifs is 6. The Bertz CT molecular complexity index is 848. The minimum absolute atomic E-state index is 0.0601. The molecule has 1 heterocycles. The van der Waals surface area contributed by atoms with Crippen molar-refractivity contribution >= 4 is 11.8 Å². The molecule has 0 N–H and O–H groups in total. The highest BCUT2D eigenvalue weighted by Gasteiger charge is 2.66. The lowest BCUT2D eigenvalue weighted by Gasteiger charge is -2.56.